The SMILES string of the molecule is CCCCc1[nH]c(=O)c(C)cc1-c1nc(NS(C)(=O)=O)ncc1Oc1ccc(F)cc1F. The number of aryl methyl sites for hydroxylation is 2. The van der Waals surface area contributed by atoms with Gasteiger partial charge in [0, 0.05) is 22.9 Å². The Kier molecular flexibility index (Phi) is 6.87. The summed E-state index contributed by atoms with van der Waals surface area (Å²) in [5.74, 6) is -2.19. The molecule has 0 radical (unpaired) electrons. The number of halogens is 2. The highest BCUT2D eigenvalue weighted by Crippen LogP contribution is 2.35. The molecule has 170 valence electrons. The first-order valence-electron chi connectivity index (χ1n) is 9.78. The second-order valence-corrected chi connectivity index (χ2v) is 8.98. The van der Waals surface area contributed by atoms with Gasteiger partial charge in [0.25, 0.3) is 5.56 Å². The number of pyridine rings is 1. The zero-order chi connectivity index (χ0) is 23.5. The molecule has 2 N–H and O–H groups in total. The van der Waals surface area contributed by atoms with E-state index in [1.807, 2.05) is 6.92 Å². The van der Waals surface area contributed by atoms with Gasteiger partial charge < -0.3 is 9.72 Å². The quantitative estimate of drug-likeness (QED) is 0.522. The largest absolute Gasteiger partial charge is 0.450 e. The Balaban J connectivity index is 2.20. The van der Waals surface area contributed by atoms with Crippen LogP contribution in [0.2, 0.25) is 0 Å². The molecule has 8 nitrogen and oxygen atoms in total. The molecule has 0 saturated heterocycles. The van der Waals surface area contributed by atoms with Crippen molar-refractivity contribution >= 4 is 16.0 Å². The number of aromatic amines is 1. The monoisotopic (exact) mass is 464 g/mol. The Labute approximate surface area is 183 Å². The topological polar surface area (TPSA) is 114 Å². The summed E-state index contributed by atoms with van der Waals surface area (Å²) < 4.78 is 58.6. The van der Waals surface area contributed by atoms with Gasteiger partial charge in [0.2, 0.25) is 16.0 Å². The fourth-order valence-electron chi connectivity index (χ4n) is 2.96. The maximum Gasteiger partial charge on any atom is 0.251 e. The van der Waals surface area contributed by atoms with Crippen molar-refractivity contribution in [3.8, 4) is 22.8 Å². The van der Waals surface area contributed by atoms with Crippen LogP contribution >= 0.6 is 0 Å². The lowest BCUT2D eigenvalue weighted by Gasteiger charge is -2.15. The highest BCUT2D eigenvalue weighted by Gasteiger charge is 2.19. The van der Waals surface area contributed by atoms with Crippen LogP contribution in [0.15, 0.2) is 35.3 Å². The van der Waals surface area contributed by atoms with Gasteiger partial charge in [0.1, 0.15) is 11.5 Å². The minimum atomic E-state index is -3.67. The number of hydrogen-bond acceptors (Lipinski definition) is 6. The second kappa shape index (κ2) is 9.43. The molecule has 3 aromatic rings. The van der Waals surface area contributed by atoms with E-state index in [0.29, 0.717) is 29.3 Å². The Morgan fingerprint density at radius 2 is 1.94 bits per heavy atom. The number of H-pyrrole nitrogens is 1. The van der Waals surface area contributed by atoms with Crippen LogP contribution in [0.1, 0.15) is 31.0 Å². The normalized spacial score (nSPS) is 11.4. The first-order valence-corrected chi connectivity index (χ1v) is 11.7. The molecule has 1 aromatic carbocycles. The molecule has 2 heterocycles. The first-order chi connectivity index (χ1) is 15.1. The van der Waals surface area contributed by atoms with Gasteiger partial charge in [0.15, 0.2) is 17.3 Å². The van der Waals surface area contributed by atoms with Crippen LogP contribution in [0, 0.1) is 18.6 Å². The summed E-state index contributed by atoms with van der Waals surface area (Å²) in [6.07, 6.45) is 4.29. The minimum Gasteiger partial charge on any atom is -0.450 e. The summed E-state index contributed by atoms with van der Waals surface area (Å²) in [5.41, 5.74) is 1.31. The van der Waals surface area contributed by atoms with Crippen LogP contribution in [-0.4, -0.2) is 29.6 Å². The molecule has 0 fully saturated rings. The van der Waals surface area contributed by atoms with Gasteiger partial charge in [-0.1, -0.05) is 13.3 Å². The molecule has 0 saturated carbocycles. The molecule has 3 rings (SSSR count). The third-order valence-electron chi connectivity index (χ3n) is 4.49. The van der Waals surface area contributed by atoms with E-state index in [-0.39, 0.29) is 28.7 Å². The van der Waals surface area contributed by atoms with E-state index >= 15 is 0 Å². The van der Waals surface area contributed by atoms with Gasteiger partial charge >= 0.3 is 0 Å². The molecule has 2 aromatic heterocycles. The van der Waals surface area contributed by atoms with Gasteiger partial charge in [0.05, 0.1) is 12.5 Å². The van der Waals surface area contributed by atoms with Gasteiger partial charge in [-0.25, -0.2) is 27.2 Å². The number of nitrogens with zero attached hydrogens (tertiary/aromatic N) is 2. The fraction of sp³-hybridized carbons (Fsp3) is 0.286. The predicted octanol–water partition coefficient (Wildman–Crippen LogP) is 3.92. The van der Waals surface area contributed by atoms with Crippen molar-refractivity contribution in [3.05, 3.63) is 63.7 Å². The van der Waals surface area contributed by atoms with E-state index in [1.165, 1.54) is 6.20 Å². The number of hydrogen-bond donors (Lipinski definition) is 2. The molecule has 32 heavy (non-hydrogen) atoms. The van der Waals surface area contributed by atoms with E-state index < -0.39 is 21.7 Å². The number of rotatable bonds is 8. The number of nitrogens with one attached hydrogen (secondary N) is 2. The third-order valence-corrected chi connectivity index (χ3v) is 5.04. The number of unbranched alkanes of at least 4 members (excludes halogenated alkanes) is 1. The lowest BCUT2D eigenvalue weighted by atomic mass is 10.0. The number of aromatic nitrogens is 3. The van der Waals surface area contributed by atoms with Crippen molar-refractivity contribution in [3.63, 3.8) is 0 Å². The molecule has 0 bridgehead atoms. The molecule has 0 unspecified atom stereocenters. The molecule has 0 aliphatic carbocycles. The van der Waals surface area contributed by atoms with Crippen molar-refractivity contribution in [1.29, 1.82) is 0 Å². The van der Waals surface area contributed by atoms with Crippen molar-refractivity contribution < 1.29 is 21.9 Å². The van der Waals surface area contributed by atoms with Gasteiger partial charge in [-0.05, 0) is 38.0 Å². The lowest BCUT2D eigenvalue weighted by Crippen LogP contribution is -2.15. The second-order valence-electron chi connectivity index (χ2n) is 7.23. The molecule has 0 aliphatic rings. The smallest absolute Gasteiger partial charge is 0.251 e. The standard InChI is InChI=1S/C21H22F2N4O4S/c1-4-5-6-16-14(9-12(2)20(28)25-16)19-18(11-24-21(26-19)27-32(3,29)30)31-17-8-7-13(22)10-15(17)23/h7-11H,4-6H2,1-3H3,(H,25,28)(H,24,26,27). The van der Waals surface area contributed by atoms with Crippen molar-refractivity contribution in [2.45, 2.75) is 33.1 Å². The molecule has 11 heteroatoms. The maximum atomic E-state index is 14.2. The average molecular weight is 464 g/mol. The van der Waals surface area contributed by atoms with E-state index in [1.54, 1.807) is 13.0 Å². The van der Waals surface area contributed by atoms with Crippen LogP contribution in [0.4, 0.5) is 14.7 Å². The first kappa shape index (κ1) is 23.3. The Hall–Kier alpha value is -3.34. The maximum absolute atomic E-state index is 14.2. The number of benzene rings is 1. The molecule has 0 atom stereocenters. The lowest BCUT2D eigenvalue weighted by molar-refractivity contribution is 0.436. The third kappa shape index (κ3) is 5.67. The average Bonchev–Trinajstić information content (AvgIpc) is 2.70. The summed E-state index contributed by atoms with van der Waals surface area (Å²) in [6.45, 7) is 3.61. The van der Waals surface area contributed by atoms with Crippen molar-refractivity contribution in [1.82, 2.24) is 15.0 Å². The minimum absolute atomic E-state index is 0.00115. The van der Waals surface area contributed by atoms with E-state index in [0.717, 1.165) is 31.2 Å². The Bertz CT molecular complexity index is 1310. The zero-order valence-electron chi connectivity index (χ0n) is 17.7. The number of sulfonamides is 1. The summed E-state index contributed by atoms with van der Waals surface area (Å²) in [6, 6.07) is 4.43. The molecule has 0 spiro atoms. The summed E-state index contributed by atoms with van der Waals surface area (Å²) in [7, 11) is -3.67. The summed E-state index contributed by atoms with van der Waals surface area (Å²) in [4.78, 5) is 23.2. The van der Waals surface area contributed by atoms with Crippen LogP contribution < -0.4 is 15.0 Å². The molecule has 0 amide bonds. The molecular formula is C21H22F2N4O4S. The number of ether oxygens (including phenoxy) is 1. The highest BCUT2D eigenvalue weighted by molar-refractivity contribution is 7.91. The highest BCUT2D eigenvalue weighted by atomic mass is 32.2. The van der Waals surface area contributed by atoms with Crippen LogP contribution in [0.5, 0.6) is 11.5 Å². The number of anilines is 1. The van der Waals surface area contributed by atoms with Crippen molar-refractivity contribution in [2.75, 3.05) is 11.0 Å². The Morgan fingerprint density at radius 3 is 2.59 bits per heavy atom. The van der Waals surface area contributed by atoms with Gasteiger partial charge in [-0.2, -0.15) is 0 Å². The zero-order valence-corrected chi connectivity index (χ0v) is 18.5. The van der Waals surface area contributed by atoms with Crippen LogP contribution in [0.25, 0.3) is 11.3 Å². The van der Waals surface area contributed by atoms with E-state index in [9.17, 15) is 22.0 Å². The van der Waals surface area contributed by atoms with Gasteiger partial charge in [-0.15, -0.1) is 0 Å². The molecule has 0 aliphatic heterocycles. The van der Waals surface area contributed by atoms with E-state index in [4.69, 9.17) is 4.74 Å². The summed E-state index contributed by atoms with van der Waals surface area (Å²) >= 11 is 0. The van der Waals surface area contributed by atoms with Crippen LogP contribution in [0.3, 0.4) is 0 Å². The van der Waals surface area contributed by atoms with E-state index in [2.05, 4.69) is 19.7 Å². The Morgan fingerprint density at radius 1 is 1.19 bits per heavy atom. The fourth-order valence-corrected chi connectivity index (χ4v) is 3.39. The van der Waals surface area contributed by atoms with Crippen molar-refractivity contribution in [2.24, 2.45) is 0 Å². The summed E-state index contributed by atoms with van der Waals surface area (Å²) in [5, 5.41) is 0. The van der Waals surface area contributed by atoms with Gasteiger partial charge in [-0.3, -0.25) is 9.52 Å². The van der Waals surface area contributed by atoms with Crippen LogP contribution in [-0.2, 0) is 16.4 Å². The predicted molar refractivity (Wildman–Crippen MR) is 116 cm³/mol. The molecular weight excluding hydrogens is 442 g/mol.